The average Bonchev–Trinajstić information content (AvgIpc) is 2.16. The average molecular weight is 184 g/mol. The summed E-state index contributed by atoms with van der Waals surface area (Å²) in [6, 6.07) is 5.45. The molecule has 1 unspecified atom stereocenters. The van der Waals surface area contributed by atoms with Crippen LogP contribution in [0.3, 0.4) is 0 Å². The molecule has 0 saturated heterocycles. The first-order valence-corrected chi connectivity index (χ1v) is 3.59. The number of hydrazine groups is 1. The molecule has 0 aliphatic rings. The zero-order valence-corrected chi connectivity index (χ0v) is 6.70. The van der Waals surface area contributed by atoms with Gasteiger partial charge in [0.2, 0.25) is 0 Å². The number of benzene rings is 1. The Morgan fingerprint density at radius 2 is 2.15 bits per heavy atom. The Balaban J connectivity index is 2.95. The number of amides is 1. The summed E-state index contributed by atoms with van der Waals surface area (Å²) < 4.78 is 13.0. The van der Waals surface area contributed by atoms with E-state index >= 15 is 0 Å². The number of nitrogens with two attached hydrogens (primary N) is 1. The van der Waals surface area contributed by atoms with E-state index in [1.54, 1.807) is 5.43 Å². The van der Waals surface area contributed by atoms with Crippen LogP contribution in [-0.4, -0.2) is 11.0 Å². The first kappa shape index (κ1) is 9.63. The lowest BCUT2D eigenvalue weighted by molar-refractivity contribution is -0.129. The number of nitrogens with one attached hydrogen (secondary N) is 1. The van der Waals surface area contributed by atoms with Gasteiger partial charge in [-0.3, -0.25) is 10.2 Å². The maximum atomic E-state index is 13.0. The van der Waals surface area contributed by atoms with E-state index in [9.17, 15) is 14.3 Å². The van der Waals surface area contributed by atoms with Gasteiger partial charge in [0.15, 0.2) is 6.10 Å². The zero-order valence-electron chi connectivity index (χ0n) is 6.70. The topological polar surface area (TPSA) is 75.3 Å². The third-order valence-corrected chi connectivity index (χ3v) is 1.59. The summed E-state index contributed by atoms with van der Waals surface area (Å²) in [7, 11) is 0. The Morgan fingerprint density at radius 3 is 2.69 bits per heavy atom. The Hall–Kier alpha value is -1.46. The van der Waals surface area contributed by atoms with E-state index < -0.39 is 17.8 Å². The molecule has 1 amide bonds. The maximum absolute atomic E-state index is 13.0. The molecule has 0 saturated carbocycles. The third kappa shape index (κ3) is 2.01. The van der Waals surface area contributed by atoms with Crippen molar-refractivity contribution < 1.29 is 14.3 Å². The minimum Gasteiger partial charge on any atom is -0.378 e. The number of rotatable bonds is 2. The molecule has 0 aromatic heterocycles. The van der Waals surface area contributed by atoms with Gasteiger partial charge in [-0.1, -0.05) is 18.2 Å². The highest BCUT2D eigenvalue weighted by molar-refractivity contribution is 5.81. The fourth-order valence-corrected chi connectivity index (χ4v) is 0.917. The highest BCUT2D eigenvalue weighted by Crippen LogP contribution is 2.15. The normalized spacial score (nSPS) is 12.2. The van der Waals surface area contributed by atoms with Gasteiger partial charge in [0.25, 0.3) is 5.91 Å². The molecule has 0 aliphatic heterocycles. The second kappa shape index (κ2) is 3.97. The van der Waals surface area contributed by atoms with Crippen LogP contribution in [0.5, 0.6) is 0 Å². The van der Waals surface area contributed by atoms with Gasteiger partial charge in [-0.2, -0.15) is 0 Å². The predicted octanol–water partition coefficient (Wildman–Crippen LogP) is -0.151. The van der Waals surface area contributed by atoms with E-state index in [2.05, 4.69) is 0 Å². The van der Waals surface area contributed by atoms with Crippen LogP contribution in [0.2, 0.25) is 0 Å². The van der Waals surface area contributed by atoms with Crippen LogP contribution >= 0.6 is 0 Å². The molecule has 13 heavy (non-hydrogen) atoms. The Bertz CT molecular complexity index is 317. The maximum Gasteiger partial charge on any atom is 0.267 e. The van der Waals surface area contributed by atoms with Crippen molar-refractivity contribution in [3.05, 3.63) is 35.6 Å². The summed E-state index contributed by atoms with van der Waals surface area (Å²) in [5, 5.41) is 9.24. The number of aliphatic hydroxyl groups is 1. The quantitative estimate of drug-likeness (QED) is 0.340. The van der Waals surface area contributed by atoms with Gasteiger partial charge in [0, 0.05) is 5.56 Å². The summed E-state index contributed by atoms with van der Waals surface area (Å²) in [5.41, 5.74) is 1.64. The van der Waals surface area contributed by atoms with Crippen LogP contribution in [0.15, 0.2) is 24.3 Å². The van der Waals surface area contributed by atoms with Crippen LogP contribution in [0.4, 0.5) is 4.39 Å². The van der Waals surface area contributed by atoms with E-state index in [0.29, 0.717) is 0 Å². The molecular formula is C8H9FN2O2. The standard InChI is InChI=1S/C8H9FN2O2/c9-6-4-2-1-3-5(6)7(12)8(13)11-10/h1-4,7,12H,10H2,(H,11,13). The molecule has 5 heteroatoms. The lowest BCUT2D eigenvalue weighted by Crippen LogP contribution is -2.35. The Labute approximate surface area is 74.1 Å². The fraction of sp³-hybridized carbons (Fsp3) is 0.125. The number of halogens is 1. The van der Waals surface area contributed by atoms with E-state index in [0.717, 1.165) is 6.07 Å². The Morgan fingerprint density at radius 1 is 1.54 bits per heavy atom. The van der Waals surface area contributed by atoms with Crippen LogP contribution in [0, 0.1) is 5.82 Å². The summed E-state index contributed by atoms with van der Waals surface area (Å²) in [5.74, 6) is 3.30. The second-order valence-corrected chi connectivity index (χ2v) is 2.43. The number of aliphatic hydroxyl groups excluding tert-OH is 1. The molecule has 70 valence electrons. The van der Waals surface area contributed by atoms with Gasteiger partial charge in [0.05, 0.1) is 0 Å². The number of carbonyl (C=O) groups is 1. The van der Waals surface area contributed by atoms with Crippen LogP contribution < -0.4 is 11.3 Å². The van der Waals surface area contributed by atoms with Gasteiger partial charge < -0.3 is 5.11 Å². The lowest BCUT2D eigenvalue weighted by Gasteiger charge is -2.09. The highest BCUT2D eigenvalue weighted by atomic mass is 19.1. The summed E-state index contributed by atoms with van der Waals surface area (Å²) in [6.45, 7) is 0. The molecule has 0 fully saturated rings. The summed E-state index contributed by atoms with van der Waals surface area (Å²) >= 11 is 0. The Kier molecular flexibility index (Phi) is 2.94. The smallest absolute Gasteiger partial charge is 0.267 e. The van der Waals surface area contributed by atoms with Gasteiger partial charge in [-0.15, -0.1) is 0 Å². The summed E-state index contributed by atoms with van der Waals surface area (Å²) in [6.07, 6.45) is -1.56. The van der Waals surface area contributed by atoms with Crippen LogP contribution in [0.1, 0.15) is 11.7 Å². The molecule has 0 aliphatic carbocycles. The molecule has 0 spiro atoms. The van der Waals surface area contributed by atoms with Crippen molar-refractivity contribution in [2.75, 3.05) is 0 Å². The van der Waals surface area contributed by atoms with Crippen molar-refractivity contribution in [1.82, 2.24) is 5.43 Å². The fourth-order valence-electron chi connectivity index (χ4n) is 0.917. The van der Waals surface area contributed by atoms with Crippen LogP contribution in [-0.2, 0) is 4.79 Å². The molecule has 4 nitrogen and oxygen atoms in total. The van der Waals surface area contributed by atoms with Crippen molar-refractivity contribution in [2.24, 2.45) is 5.84 Å². The van der Waals surface area contributed by atoms with Gasteiger partial charge in [-0.25, -0.2) is 10.2 Å². The van der Waals surface area contributed by atoms with Crippen molar-refractivity contribution in [3.8, 4) is 0 Å². The van der Waals surface area contributed by atoms with E-state index in [1.807, 2.05) is 0 Å². The second-order valence-electron chi connectivity index (χ2n) is 2.43. The van der Waals surface area contributed by atoms with Crippen LogP contribution in [0.25, 0.3) is 0 Å². The molecule has 0 bridgehead atoms. The predicted molar refractivity (Wildman–Crippen MR) is 43.7 cm³/mol. The monoisotopic (exact) mass is 184 g/mol. The van der Waals surface area contributed by atoms with Gasteiger partial charge >= 0.3 is 0 Å². The molecule has 1 atom stereocenters. The molecule has 0 heterocycles. The summed E-state index contributed by atoms with van der Waals surface area (Å²) in [4.78, 5) is 10.8. The number of hydrogen-bond donors (Lipinski definition) is 3. The number of carbonyl (C=O) groups excluding carboxylic acids is 1. The van der Waals surface area contributed by atoms with Crippen molar-refractivity contribution >= 4 is 5.91 Å². The first-order chi connectivity index (χ1) is 6.16. The molecule has 1 rings (SSSR count). The van der Waals surface area contributed by atoms with Crippen molar-refractivity contribution in [2.45, 2.75) is 6.10 Å². The lowest BCUT2D eigenvalue weighted by atomic mass is 10.1. The SMILES string of the molecule is NNC(=O)C(O)c1ccccc1F. The first-order valence-electron chi connectivity index (χ1n) is 3.59. The van der Waals surface area contributed by atoms with Gasteiger partial charge in [0.1, 0.15) is 5.82 Å². The van der Waals surface area contributed by atoms with Crippen molar-refractivity contribution in [3.63, 3.8) is 0 Å². The minimum absolute atomic E-state index is 0.0922. The molecule has 4 N–H and O–H groups in total. The molecule has 1 aromatic carbocycles. The zero-order chi connectivity index (χ0) is 9.84. The van der Waals surface area contributed by atoms with E-state index in [-0.39, 0.29) is 5.56 Å². The largest absolute Gasteiger partial charge is 0.378 e. The van der Waals surface area contributed by atoms with E-state index in [4.69, 9.17) is 5.84 Å². The minimum atomic E-state index is -1.56. The van der Waals surface area contributed by atoms with Gasteiger partial charge in [-0.05, 0) is 6.07 Å². The molecule has 1 aromatic rings. The molecular weight excluding hydrogens is 175 g/mol. The number of hydrogen-bond acceptors (Lipinski definition) is 3. The highest BCUT2D eigenvalue weighted by Gasteiger charge is 2.18. The van der Waals surface area contributed by atoms with Crippen molar-refractivity contribution in [1.29, 1.82) is 0 Å². The third-order valence-electron chi connectivity index (χ3n) is 1.59. The molecule has 0 radical (unpaired) electrons. The van der Waals surface area contributed by atoms with E-state index in [1.165, 1.54) is 18.2 Å².